The first kappa shape index (κ1) is 14.7. The van der Waals surface area contributed by atoms with Crippen molar-refractivity contribution in [3.05, 3.63) is 23.3 Å². The highest BCUT2D eigenvalue weighted by Gasteiger charge is 2.28. The molecule has 20 heavy (non-hydrogen) atoms. The minimum atomic E-state index is -0.125. The Labute approximate surface area is 119 Å². The van der Waals surface area contributed by atoms with E-state index < -0.39 is 0 Å². The molecular weight excluding hydrogens is 256 g/mol. The van der Waals surface area contributed by atoms with Crippen molar-refractivity contribution in [3.63, 3.8) is 0 Å². The SMILES string of the molecule is COc1cc(C)c(C(=O)NCC(N)C2CC2)cc1OC. The number of ether oxygens (including phenoxy) is 2. The van der Waals surface area contributed by atoms with Crippen molar-refractivity contribution in [2.24, 2.45) is 11.7 Å². The maximum atomic E-state index is 12.2. The minimum absolute atomic E-state index is 0.0550. The highest BCUT2D eigenvalue weighted by Crippen LogP contribution is 2.32. The Hall–Kier alpha value is -1.75. The van der Waals surface area contributed by atoms with Crippen LogP contribution in [0.3, 0.4) is 0 Å². The fourth-order valence-corrected chi connectivity index (χ4v) is 2.22. The van der Waals surface area contributed by atoms with E-state index in [1.165, 1.54) is 12.8 Å². The summed E-state index contributed by atoms with van der Waals surface area (Å²) in [6, 6.07) is 3.56. The standard InChI is InChI=1S/C15H22N2O3/c1-9-6-13(19-2)14(20-3)7-11(9)15(18)17-8-12(16)10-4-5-10/h6-7,10,12H,4-5,8,16H2,1-3H3,(H,17,18). The molecule has 0 saturated heterocycles. The zero-order chi connectivity index (χ0) is 14.7. The predicted octanol–water partition coefficient (Wildman–Crippen LogP) is 1.48. The van der Waals surface area contributed by atoms with Gasteiger partial charge in [-0.15, -0.1) is 0 Å². The first-order valence-electron chi connectivity index (χ1n) is 6.83. The van der Waals surface area contributed by atoms with Gasteiger partial charge in [0.05, 0.1) is 14.2 Å². The molecule has 0 spiro atoms. The maximum Gasteiger partial charge on any atom is 0.251 e. The third kappa shape index (κ3) is 3.22. The molecule has 1 amide bonds. The second-order valence-electron chi connectivity index (χ2n) is 5.23. The number of carbonyl (C=O) groups is 1. The summed E-state index contributed by atoms with van der Waals surface area (Å²) in [5, 5.41) is 2.89. The average Bonchev–Trinajstić information content (AvgIpc) is 3.28. The quantitative estimate of drug-likeness (QED) is 0.826. The summed E-state index contributed by atoms with van der Waals surface area (Å²) < 4.78 is 10.4. The molecule has 2 rings (SSSR count). The van der Waals surface area contributed by atoms with Gasteiger partial charge in [0, 0.05) is 18.2 Å². The van der Waals surface area contributed by atoms with Crippen LogP contribution in [0.2, 0.25) is 0 Å². The number of carbonyl (C=O) groups excluding carboxylic acids is 1. The highest BCUT2D eigenvalue weighted by atomic mass is 16.5. The normalized spacial score (nSPS) is 15.6. The van der Waals surface area contributed by atoms with E-state index in [9.17, 15) is 4.79 Å². The molecule has 110 valence electrons. The number of benzene rings is 1. The predicted molar refractivity (Wildman–Crippen MR) is 77.3 cm³/mol. The Morgan fingerprint density at radius 1 is 1.35 bits per heavy atom. The van der Waals surface area contributed by atoms with Crippen LogP contribution in [0.1, 0.15) is 28.8 Å². The first-order chi connectivity index (χ1) is 9.56. The van der Waals surface area contributed by atoms with Crippen LogP contribution in [0.5, 0.6) is 11.5 Å². The van der Waals surface area contributed by atoms with Gasteiger partial charge in [-0.25, -0.2) is 0 Å². The van der Waals surface area contributed by atoms with E-state index in [4.69, 9.17) is 15.2 Å². The van der Waals surface area contributed by atoms with E-state index in [2.05, 4.69) is 5.32 Å². The van der Waals surface area contributed by atoms with Crippen LogP contribution in [0.4, 0.5) is 0 Å². The molecule has 1 aromatic carbocycles. The number of aryl methyl sites for hydroxylation is 1. The molecule has 3 N–H and O–H groups in total. The van der Waals surface area contributed by atoms with E-state index in [0.29, 0.717) is 29.5 Å². The third-order valence-electron chi connectivity index (χ3n) is 3.70. The van der Waals surface area contributed by atoms with Gasteiger partial charge in [0.15, 0.2) is 11.5 Å². The van der Waals surface area contributed by atoms with E-state index in [1.807, 2.05) is 6.92 Å². The number of nitrogens with one attached hydrogen (secondary N) is 1. The second-order valence-corrected chi connectivity index (χ2v) is 5.23. The van der Waals surface area contributed by atoms with Gasteiger partial charge in [0.2, 0.25) is 0 Å². The topological polar surface area (TPSA) is 73.6 Å². The van der Waals surface area contributed by atoms with Gasteiger partial charge in [-0.1, -0.05) is 0 Å². The van der Waals surface area contributed by atoms with Crippen LogP contribution in [0, 0.1) is 12.8 Å². The summed E-state index contributed by atoms with van der Waals surface area (Å²) >= 11 is 0. The number of amides is 1. The average molecular weight is 278 g/mol. The van der Waals surface area contributed by atoms with Gasteiger partial charge in [-0.3, -0.25) is 4.79 Å². The molecule has 0 aromatic heterocycles. The molecule has 1 fully saturated rings. The summed E-state index contributed by atoms with van der Waals surface area (Å²) in [4.78, 5) is 12.2. The van der Waals surface area contributed by atoms with E-state index in [0.717, 1.165) is 5.56 Å². The van der Waals surface area contributed by atoms with Crippen molar-refractivity contribution in [2.45, 2.75) is 25.8 Å². The van der Waals surface area contributed by atoms with Crippen LogP contribution in [0.15, 0.2) is 12.1 Å². The number of methoxy groups -OCH3 is 2. The summed E-state index contributed by atoms with van der Waals surface area (Å²) in [5.74, 6) is 1.62. The van der Waals surface area contributed by atoms with Gasteiger partial charge in [-0.2, -0.15) is 0 Å². The Balaban J connectivity index is 2.08. The van der Waals surface area contributed by atoms with Crippen LogP contribution in [-0.4, -0.2) is 32.7 Å². The van der Waals surface area contributed by atoms with Crippen LogP contribution in [-0.2, 0) is 0 Å². The minimum Gasteiger partial charge on any atom is -0.493 e. The van der Waals surface area contributed by atoms with Crippen molar-refractivity contribution in [3.8, 4) is 11.5 Å². The smallest absolute Gasteiger partial charge is 0.251 e. The van der Waals surface area contributed by atoms with Crippen LogP contribution >= 0.6 is 0 Å². The molecule has 0 radical (unpaired) electrons. The fraction of sp³-hybridized carbons (Fsp3) is 0.533. The third-order valence-corrected chi connectivity index (χ3v) is 3.70. The van der Waals surface area contributed by atoms with E-state index in [1.54, 1.807) is 26.4 Å². The zero-order valence-corrected chi connectivity index (χ0v) is 12.2. The van der Waals surface area contributed by atoms with Crippen molar-refractivity contribution >= 4 is 5.91 Å². The van der Waals surface area contributed by atoms with Crippen molar-refractivity contribution in [1.29, 1.82) is 0 Å². The Morgan fingerprint density at radius 2 is 1.95 bits per heavy atom. The second kappa shape index (κ2) is 6.13. The van der Waals surface area contributed by atoms with Gasteiger partial charge in [-0.05, 0) is 43.4 Å². The number of rotatable bonds is 6. The summed E-state index contributed by atoms with van der Waals surface area (Å²) in [5.41, 5.74) is 7.42. The van der Waals surface area contributed by atoms with Crippen LogP contribution in [0.25, 0.3) is 0 Å². The lowest BCUT2D eigenvalue weighted by Gasteiger charge is -2.15. The van der Waals surface area contributed by atoms with Gasteiger partial charge >= 0.3 is 0 Å². The summed E-state index contributed by atoms with van der Waals surface area (Å²) in [6.45, 7) is 2.38. The first-order valence-corrected chi connectivity index (χ1v) is 6.83. The number of hydrogen-bond donors (Lipinski definition) is 2. The highest BCUT2D eigenvalue weighted by molar-refractivity contribution is 5.96. The molecule has 1 unspecified atom stereocenters. The van der Waals surface area contributed by atoms with Crippen molar-refractivity contribution in [2.75, 3.05) is 20.8 Å². The molecule has 1 saturated carbocycles. The maximum absolute atomic E-state index is 12.2. The fourth-order valence-electron chi connectivity index (χ4n) is 2.22. The largest absolute Gasteiger partial charge is 0.493 e. The number of hydrogen-bond acceptors (Lipinski definition) is 4. The van der Waals surface area contributed by atoms with Gasteiger partial charge in [0.25, 0.3) is 5.91 Å². The summed E-state index contributed by atoms with van der Waals surface area (Å²) in [6.07, 6.45) is 2.35. The lowest BCUT2D eigenvalue weighted by Crippen LogP contribution is -2.38. The van der Waals surface area contributed by atoms with Gasteiger partial charge in [0.1, 0.15) is 0 Å². The molecule has 1 aromatic rings. The molecule has 1 aliphatic rings. The van der Waals surface area contributed by atoms with Crippen LogP contribution < -0.4 is 20.5 Å². The van der Waals surface area contributed by atoms with E-state index >= 15 is 0 Å². The Bertz CT molecular complexity index is 498. The lowest BCUT2D eigenvalue weighted by atomic mass is 10.1. The van der Waals surface area contributed by atoms with Gasteiger partial charge < -0.3 is 20.5 Å². The monoisotopic (exact) mass is 278 g/mol. The molecule has 0 bridgehead atoms. The molecule has 0 aliphatic heterocycles. The molecule has 5 nitrogen and oxygen atoms in total. The molecular formula is C15H22N2O3. The molecule has 5 heteroatoms. The Kier molecular flexibility index (Phi) is 4.49. The van der Waals surface area contributed by atoms with E-state index in [-0.39, 0.29) is 11.9 Å². The van der Waals surface area contributed by atoms with Crippen molar-refractivity contribution in [1.82, 2.24) is 5.32 Å². The zero-order valence-electron chi connectivity index (χ0n) is 12.2. The van der Waals surface area contributed by atoms with Crippen molar-refractivity contribution < 1.29 is 14.3 Å². The lowest BCUT2D eigenvalue weighted by molar-refractivity contribution is 0.0949. The summed E-state index contributed by atoms with van der Waals surface area (Å²) in [7, 11) is 3.13. The number of nitrogens with two attached hydrogens (primary N) is 1. The molecule has 1 aliphatic carbocycles. The Morgan fingerprint density at radius 3 is 2.50 bits per heavy atom. The molecule has 1 atom stereocenters. The molecule has 0 heterocycles.